The zero-order valence-electron chi connectivity index (χ0n) is 12.3. The van der Waals surface area contributed by atoms with E-state index in [0.29, 0.717) is 19.8 Å². The summed E-state index contributed by atoms with van der Waals surface area (Å²) in [5.74, 6) is 1.74. The number of ether oxygens (including phenoxy) is 3. The zero-order chi connectivity index (χ0) is 15.2. The molecule has 2 aromatic carbocycles. The number of aliphatic hydroxyl groups excluding tert-OH is 1. The maximum Gasteiger partial charge on any atom is 0.127 e. The second-order valence-corrected chi connectivity index (χ2v) is 4.06. The van der Waals surface area contributed by atoms with Gasteiger partial charge in [-0.15, -0.1) is 0 Å². The minimum atomic E-state index is 0.0870. The first kappa shape index (κ1) is 17.2. The van der Waals surface area contributed by atoms with Gasteiger partial charge in [-0.05, 0) is 24.3 Å². The molecular formula is C17H22O4. The van der Waals surface area contributed by atoms with Crippen LogP contribution >= 0.6 is 0 Å². The van der Waals surface area contributed by atoms with Gasteiger partial charge in [0.1, 0.15) is 11.5 Å². The first-order chi connectivity index (χ1) is 10.4. The van der Waals surface area contributed by atoms with Crippen LogP contribution in [-0.2, 0) is 9.47 Å². The maximum atomic E-state index is 8.20. The Morgan fingerprint density at radius 2 is 1.29 bits per heavy atom. The molecule has 0 aliphatic heterocycles. The van der Waals surface area contributed by atoms with Gasteiger partial charge in [-0.2, -0.15) is 0 Å². The second-order valence-electron chi connectivity index (χ2n) is 4.06. The Kier molecular flexibility index (Phi) is 9.74. The fourth-order valence-corrected chi connectivity index (χ4v) is 1.42. The SMILES string of the molecule is COCCOCCO.c1ccc(Oc2ccccc2)cc1. The molecular weight excluding hydrogens is 268 g/mol. The van der Waals surface area contributed by atoms with E-state index < -0.39 is 0 Å². The summed E-state index contributed by atoms with van der Waals surface area (Å²) in [6.07, 6.45) is 0. The van der Waals surface area contributed by atoms with E-state index in [-0.39, 0.29) is 6.61 Å². The Bertz CT molecular complexity index is 401. The van der Waals surface area contributed by atoms with Crippen molar-refractivity contribution in [3.8, 4) is 11.5 Å². The Balaban J connectivity index is 0.000000240. The summed E-state index contributed by atoms with van der Waals surface area (Å²) in [6.45, 7) is 1.66. The van der Waals surface area contributed by atoms with Crippen molar-refractivity contribution in [2.24, 2.45) is 0 Å². The third-order valence-electron chi connectivity index (χ3n) is 2.39. The van der Waals surface area contributed by atoms with Crippen molar-refractivity contribution in [1.82, 2.24) is 0 Å². The highest BCUT2D eigenvalue weighted by Crippen LogP contribution is 2.19. The van der Waals surface area contributed by atoms with Crippen molar-refractivity contribution < 1.29 is 19.3 Å². The van der Waals surface area contributed by atoms with Crippen LogP contribution in [0, 0.1) is 0 Å². The van der Waals surface area contributed by atoms with Gasteiger partial charge in [-0.25, -0.2) is 0 Å². The first-order valence-corrected chi connectivity index (χ1v) is 6.82. The van der Waals surface area contributed by atoms with Crippen LogP contribution < -0.4 is 4.74 Å². The van der Waals surface area contributed by atoms with E-state index in [1.807, 2.05) is 60.7 Å². The lowest BCUT2D eigenvalue weighted by molar-refractivity contribution is 0.0500. The number of benzene rings is 2. The van der Waals surface area contributed by atoms with E-state index in [4.69, 9.17) is 14.6 Å². The fraction of sp³-hybridized carbons (Fsp3) is 0.294. The van der Waals surface area contributed by atoms with Crippen LogP contribution in [0.2, 0.25) is 0 Å². The third kappa shape index (κ3) is 8.81. The lowest BCUT2D eigenvalue weighted by atomic mass is 10.3. The molecule has 0 aromatic heterocycles. The highest BCUT2D eigenvalue weighted by molar-refractivity contribution is 5.30. The van der Waals surface area contributed by atoms with Gasteiger partial charge in [0.2, 0.25) is 0 Å². The minimum Gasteiger partial charge on any atom is -0.457 e. The number of rotatable bonds is 7. The summed E-state index contributed by atoms with van der Waals surface area (Å²) in [6, 6.07) is 19.5. The summed E-state index contributed by atoms with van der Waals surface area (Å²) in [5, 5.41) is 8.20. The number of methoxy groups -OCH3 is 1. The molecule has 0 aliphatic carbocycles. The standard InChI is InChI=1S/C12H10O.C5H12O3/c1-3-7-11(8-4-1)13-12-9-5-2-6-10-12;1-7-4-5-8-3-2-6/h1-10H;6H,2-5H2,1H3. The van der Waals surface area contributed by atoms with Gasteiger partial charge in [-0.1, -0.05) is 36.4 Å². The van der Waals surface area contributed by atoms with E-state index in [1.165, 1.54) is 0 Å². The monoisotopic (exact) mass is 290 g/mol. The molecule has 21 heavy (non-hydrogen) atoms. The highest BCUT2D eigenvalue weighted by atomic mass is 16.5. The van der Waals surface area contributed by atoms with Crippen molar-refractivity contribution in [3.63, 3.8) is 0 Å². The molecule has 0 saturated carbocycles. The van der Waals surface area contributed by atoms with Crippen molar-refractivity contribution in [2.75, 3.05) is 33.5 Å². The molecule has 114 valence electrons. The first-order valence-electron chi connectivity index (χ1n) is 6.82. The van der Waals surface area contributed by atoms with Crippen LogP contribution in [0.15, 0.2) is 60.7 Å². The minimum absolute atomic E-state index is 0.0870. The molecule has 1 N–H and O–H groups in total. The van der Waals surface area contributed by atoms with Gasteiger partial charge < -0.3 is 19.3 Å². The highest BCUT2D eigenvalue weighted by Gasteiger charge is 1.92. The van der Waals surface area contributed by atoms with Crippen LogP contribution in [0.3, 0.4) is 0 Å². The lowest BCUT2D eigenvalue weighted by Crippen LogP contribution is -2.05. The van der Waals surface area contributed by atoms with E-state index >= 15 is 0 Å². The van der Waals surface area contributed by atoms with Crippen molar-refractivity contribution in [3.05, 3.63) is 60.7 Å². The van der Waals surface area contributed by atoms with Crippen LogP contribution in [0.1, 0.15) is 0 Å². The molecule has 0 aliphatic rings. The molecule has 4 heteroatoms. The molecule has 0 heterocycles. The Morgan fingerprint density at radius 1 is 0.762 bits per heavy atom. The van der Waals surface area contributed by atoms with Gasteiger partial charge in [0.25, 0.3) is 0 Å². The predicted octanol–water partition coefficient (Wildman–Crippen LogP) is 3.12. The Morgan fingerprint density at radius 3 is 1.71 bits per heavy atom. The largest absolute Gasteiger partial charge is 0.457 e. The van der Waals surface area contributed by atoms with E-state index in [2.05, 4.69) is 4.74 Å². The fourth-order valence-electron chi connectivity index (χ4n) is 1.42. The smallest absolute Gasteiger partial charge is 0.127 e. The average molecular weight is 290 g/mol. The number of hydrogen-bond acceptors (Lipinski definition) is 4. The zero-order valence-corrected chi connectivity index (χ0v) is 12.3. The van der Waals surface area contributed by atoms with Crippen molar-refractivity contribution in [2.45, 2.75) is 0 Å². The molecule has 0 spiro atoms. The van der Waals surface area contributed by atoms with Crippen LogP contribution in [0.5, 0.6) is 11.5 Å². The Hall–Kier alpha value is -1.88. The summed E-state index contributed by atoms with van der Waals surface area (Å²) in [4.78, 5) is 0. The van der Waals surface area contributed by atoms with Crippen LogP contribution in [0.25, 0.3) is 0 Å². The molecule has 2 aromatic rings. The number of aliphatic hydroxyl groups is 1. The molecule has 0 atom stereocenters. The molecule has 0 fully saturated rings. The van der Waals surface area contributed by atoms with Gasteiger partial charge in [0.15, 0.2) is 0 Å². The van der Waals surface area contributed by atoms with Crippen molar-refractivity contribution >= 4 is 0 Å². The predicted molar refractivity (Wildman–Crippen MR) is 82.7 cm³/mol. The molecule has 0 bridgehead atoms. The van der Waals surface area contributed by atoms with Gasteiger partial charge in [0.05, 0.1) is 26.4 Å². The average Bonchev–Trinajstić information content (AvgIpc) is 2.54. The number of para-hydroxylation sites is 2. The maximum absolute atomic E-state index is 8.20. The van der Waals surface area contributed by atoms with Gasteiger partial charge in [-0.3, -0.25) is 0 Å². The summed E-state index contributed by atoms with van der Waals surface area (Å²) >= 11 is 0. The van der Waals surface area contributed by atoms with Crippen LogP contribution in [0.4, 0.5) is 0 Å². The van der Waals surface area contributed by atoms with E-state index in [0.717, 1.165) is 11.5 Å². The number of hydrogen-bond donors (Lipinski definition) is 1. The molecule has 0 amide bonds. The molecule has 0 unspecified atom stereocenters. The van der Waals surface area contributed by atoms with Gasteiger partial charge >= 0.3 is 0 Å². The van der Waals surface area contributed by atoms with E-state index in [1.54, 1.807) is 7.11 Å². The van der Waals surface area contributed by atoms with E-state index in [9.17, 15) is 0 Å². The quantitative estimate of drug-likeness (QED) is 0.796. The summed E-state index contributed by atoms with van der Waals surface area (Å²) in [7, 11) is 1.61. The van der Waals surface area contributed by atoms with Crippen LogP contribution in [-0.4, -0.2) is 38.6 Å². The molecule has 0 saturated heterocycles. The topological polar surface area (TPSA) is 47.9 Å². The molecule has 0 radical (unpaired) electrons. The molecule has 2 rings (SSSR count). The summed E-state index contributed by atoms with van der Waals surface area (Å²) < 4.78 is 15.1. The lowest BCUT2D eigenvalue weighted by Gasteiger charge is -2.03. The Labute approximate surface area is 125 Å². The van der Waals surface area contributed by atoms with Gasteiger partial charge in [0, 0.05) is 7.11 Å². The van der Waals surface area contributed by atoms with Crippen molar-refractivity contribution in [1.29, 1.82) is 0 Å². The second kappa shape index (κ2) is 11.9. The molecule has 4 nitrogen and oxygen atoms in total. The third-order valence-corrected chi connectivity index (χ3v) is 2.39. The summed E-state index contributed by atoms with van der Waals surface area (Å²) in [5.41, 5.74) is 0. The normalized spacial score (nSPS) is 9.62.